The van der Waals surface area contributed by atoms with Crippen molar-refractivity contribution in [2.24, 2.45) is 5.41 Å². The maximum absolute atomic E-state index is 11.5. The van der Waals surface area contributed by atoms with Gasteiger partial charge in [-0.25, -0.2) is 0 Å². The predicted molar refractivity (Wildman–Crippen MR) is 62.1 cm³/mol. The highest BCUT2D eigenvalue weighted by atomic mass is 16.5. The van der Waals surface area contributed by atoms with Crippen LogP contribution in [0.2, 0.25) is 0 Å². The second kappa shape index (κ2) is 3.30. The summed E-state index contributed by atoms with van der Waals surface area (Å²) in [5, 5.41) is 0. The SMILES string of the molecule is C[C@]12CCCCC3=CC(=O)C=C[C@@]31OCC2. The van der Waals surface area contributed by atoms with Crippen LogP contribution in [0.25, 0.3) is 0 Å². The Morgan fingerprint density at radius 1 is 1.31 bits per heavy atom. The molecule has 2 nitrogen and oxygen atoms in total. The minimum atomic E-state index is -0.253. The highest BCUT2D eigenvalue weighted by molar-refractivity contribution is 6.01. The second-order valence-electron chi connectivity index (χ2n) is 5.51. The van der Waals surface area contributed by atoms with Crippen LogP contribution < -0.4 is 0 Å². The quantitative estimate of drug-likeness (QED) is 0.625. The predicted octanol–water partition coefficient (Wildman–Crippen LogP) is 2.79. The first-order chi connectivity index (χ1) is 7.66. The fourth-order valence-corrected chi connectivity index (χ4v) is 3.56. The Hall–Kier alpha value is -0.890. The van der Waals surface area contributed by atoms with Gasteiger partial charge in [0.05, 0.1) is 0 Å². The molecule has 1 saturated heterocycles. The number of hydrogen-bond donors (Lipinski definition) is 0. The smallest absolute Gasteiger partial charge is 0.178 e. The highest BCUT2D eigenvalue weighted by Crippen LogP contribution is 2.55. The monoisotopic (exact) mass is 218 g/mol. The average molecular weight is 218 g/mol. The Balaban J connectivity index is 2.13. The van der Waals surface area contributed by atoms with E-state index in [1.165, 1.54) is 24.8 Å². The molecule has 2 atom stereocenters. The van der Waals surface area contributed by atoms with Gasteiger partial charge < -0.3 is 4.74 Å². The average Bonchev–Trinajstić information content (AvgIpc) is 2.51. The van der Waals surface area contributed by atoms with Crippen molar-refractivity contribution in [3.63, 3.8) is 0 Å². The first-order valence-corrected chi connectivity index (χ1v) is 6.25. The summed E-state index contributed by atoms with van der Waals surface area (Å²) >= 11 is 0. The number of ether oxygens (including phenoxy) is 1. The molecule has 1 saturated carbocycles. The van der Waals surface area contributed by atoms with Gasteiger partial charge in [-0.2, -0.15) is 0 Å². The molecule has 0 aromatic carbocycles. The lowest BCUT2D eigenvalue weighted by Crippen LogP contribution is -2.44. The first kappa shape index (κ1) is 10.3. The van der Waals surface area contributed by atoms with Crippen molar-refractivity contribution >= 4 is 5.78 Å². The summed E-state index contributed by atoms with van der Waals surface area (Å²) in [6.07, 6.45) is 11.3. The Morgan fingerprint density at radius 3 is 3.06 bits per heavy atom. The summed E-state index contributed by atoms with van der Waals surface area (Å²) in [5.74, 6) is 0.125. The van der Waals surface area contributed by atoms with Gasteiger partial charge in [0.2, 0.25) is 0 Å². The molecule has 3 rings (SSSR count). The lowest BCUT2D eigenvalue weighted by molar-refractivity contribution is -0.111. The lowest BCUT2D eigenvalue weighted by Gasteiger charge is -2.41. The minimum Gasteiger partial charge on any atom is -0.366 e. The fourth-order valence-electron chi connectivity index (χ4n) is 3.56. The van der Waals surface area contributed by atoms with E-state index in [4.69, 9.17) is 4.74 Å². The maximum atomic E-state index is 11.5. The van der Waals surface area contributed by atoms with E-state index < -0.39 is 0 Å². The molecule has 0 unspecified atom stereocenters. The van der Waals surface area contributed by atoms with E-state index in [1.807, 2.05) is 12.2 Å². The van der Waals surface area contributed by atoms with Gasteiger partial charge >= 0.3 is 0 Å². The van der Waals surface area contributed by atoms with Crippen molar-refractivity contribution in [3.05, 3.63) is 23.8 Å². The van der Waals surface area contributed by atoms with Gasteiger partial charge in [0.15, 0.2) is 5.78 Å². The van der Waals surface area contributed by atoms with E-state index >= 15 is 0 Å². The number of rotatable bonds is 0. The third-order valence-corrected chi connectivity index (χ3v) is 4.58. The molecule has 0 aromatic heterocycles. The Kier molecular flexibility index (Phi) is 2.12. The number of ketones is 1. The number of allylic oxidation sites excluding steroid dienone is 2. The van der Waals surface area contributed by atoms with Crippen LogP contribution in [0.15, 0.2) is 23.8 Å². The molecular weight excluding hydrogens is 200 g/mol. The summed E-state index contributed by atoms with van der Waals surface area (Å²) in [7, 11) is 0. The molecule has 0 aromatic rings. The largest absolute Gasteiger partial charge is 0.366 e. The summed E-state index contributed by atoms with van der Waals surface area (Å²) in [4.78, 5) is 11.5. The van der Waals surface area contributed by atoms with Gasteiger partial charge in [0, 0.05) is 12.0 Å². The van der Waals surface area contributed by atoms with Crippen LogP contribution in [-0.2, 0) is 9.53 Å². The molecule has 2 aliphatic carbocycles. The Labute approximate surface area is 96.4 Å². The lowest BCUT2D eigenvalue weighted by atomic mass is 9.66. The fraction of sp³-hybridized carbons (Fsp3) is 0.643. The zero-order chi connectivity index (χ0) is 11.2. The number of carbonyl (C=O) groups is 1. The van der Waals surface area contributed by atoms with Crippen LogP contribution >= 0.6 is 0 Å². The van der Waals surface area contributed by atoms with Gasteiger partial charge in [-0.15, -0.1) is 0 Å². The summed E-state index contributed by atoms with van der Waals surface area (Å²) < 4.78 is 6.07. The van der Waals surface area contributed by atoms with Crippen LogP contribution in [0.4, 0.5) is 0 Å². The summed E-state index contributed by atoms with van der Waals surface area (Å²) in [5.41, 5.74) is 1.17. The zero-order valence-electron chi connectivity index (χ0n) is 9.79. The molecule has 1 heterocycles. The summed E-state index contributed by atoms with van der Waals surface area (Å²) in [6, 6.07) is 0. The van der Waals surface area contributed by atoms with Crippen LogP contribution in [0.5, 0.6) is 0 Å². The molecule has 2 heteroatoms. The van der Waals surface area contributed by atoms with Gasteiger partial charge in [-0.1, -0.05) is 13.3 Å². The number of hydrogen-bond acceptors (Lipinski definition) is 2. The van der Waals surface area contributed by atoms with E-state index in [2.05, 4.69) is 6.92 Å². The molecule has 0 bridgehead atoms. The molecule has 0 radical (unpaired) electrons. The van der Waals surface area contributed by atoms with Crippen LogP contribution in [0.1, 0.15) is 39.0 Å². The second-order valence-corrected chi connectivity index (χ2v) is 5.51. The Morgan fingerprint density at radius 2 is 2.19 bits per heavy atom. The van der Waals surface area contributed by atoms with E-state index in [9.17, 15) is 4.79 Å². The van der Waals surface area contributed by atoms with Crippen molar-refractivity contribution in [1.29, 1.82) is 0 Å². The summed E-state index contributed by atoms with van der Waals surface area (Å²) in [6.45, 7) is 3.14. The van der Waals surface area contributed by atoms with Gasteiger partial charge in [0.25, 0.3) is 0 Å². The molecule has 3 aliphatic rings. The minimum absolute atomic E-state index is 0.125. The highest BCUT2D eigenvalue weighted by Gasteiger charge is 2.55. The van der Waals surface area contributed by atoms with Crippen molar-refractivity contribution in [2.45, 2.75) is 44.6 Å². The van der Waals surface area contributed by atoms with Crippen molar-refractivity contribution in [3.8, 4) is 0 Å². The van der Waals surface area contributed by atoms with Crippen molar-refractivity contribution in [1.82, 2.24) is 0 Å². The molecule has 0 amide bonds. The van der Waals surface area contributed by atoms with Gasteiger partial charge in [-0.05, 0) is 49.5 Å². The third-order valence-electron chi connectivity index (χ3n) is 4.58. The molecule has 1 aliphatic heterocycles. The molecule has 86 valence electrons. The molecular formula is C14H18O2. The van der Waals surface area contributed by atoms with Crippen molar-refractivity contribution in [2.75, 3.05) is 6.61 Å². The normalized spacial score (nSPS) is 42.3. The van der Waals surface area contributed by atoms with Crippen LogP contribution in [0, 0.1) is 5.41 Å². The van der Waals surface area contributed by atoms with E-state index in [0.717, 1.165) is 19.4 Å². The van der Waals surface area contributed by atoms with Crippen LogP contribution in [-0.4, -0.2) is 18.0 Å². The van der Waals surface area contributed by atoms with Crippen LogP contribution in [0.3, 0.4) is 0 Å². The standard InChI is InChI=1S/C14H18O2/c1-13-6-3-2-4-11-10-12(15)5-7-14(11,13)16-9-8-13/h5,7,10H,2-4,6,8-9H2,1H3/t13-,14-/m1/s1. The molecule has 1 spiro atoms. The maximum Gasteiger partial charge on any atom is 0.178 e. The van der Waals surface area contributed by atoms with Gasteiger partial charge in [-0.3, -0.25) is 4.79 Å². The number of carbonyl (C=O) groups excluding carboxylic acids is 1. The van der Waals surface area contributed by atoms with E-state index in [0.29, 0.717) is 0 Å². The van der Waals surface area contributed by atoms with Crippen molar-refractivity contribution < 1.29 is 9.53 Å². The molecule has 2 fully saturated rings. The molecule has 16 heavy (non-hydrogen) atoms. The van der Waals surface area contributed by atoms with E-state index in [1.54, 1.807) is 6.08 Å². The Bertz CT molecular complexity index is 394. The zero-order valence-corrected chi connectivity index (χ0v) is 9.79. The first-order valence-electron chi connectivity index (χ1n) is 6.25. The topological polar surface area (TPSA) is 26.3 Å². The molecule has 0 N–H and O–H groups in total. The van der Waals surface area contributed by atoms with E-state index in [-0.39, 0.29) is 16.8 Å². The van der Waals surface area contributed by atoms with Gasteiger partial charge in [0.1, 0.15) is 5.60 Å². The third kappa shape index (κ3) is 1.20.